The topological polar surface area (TPSA) is 49.9 Å². The van der Waals surface area contributed by atoms with E-state index >= 15 is 0 Å². The molecule has 1 aliphatic rings. The van der Waals surface area contributed by atoms with Gasteiger partial charge in [0, 0.05) is 32.4 Å². The molecule has 1 saturated heterocycles. The fourth-order valence-electron chi connectivity index (χ4n) is 3.23. The molecule has 0 amide bonds. The molecule has 0 spiro atoms. The molecule has 1 aliphatic heterocycles. The molecule has 0 bridgehead atoms. The molecule has 5 nitrogen and oxygen atoms in total. The summed E-state index contributed by atoms with van der Waals surface area (Å²) in [5.74, 6) is 0.639. The fourth-order valence-corrected chi connectivity index (χ4v) is 4.39. The number of rotatable bonds is 6. The molecule has 6 heteroatoms. The highest BCUT2D eigenvalue weighted by Crippen LogP contribution is 2.23. The second kappa shape index (κ2) is 8.10. The summed E-state index contributed by atoms with van der Waals surface area (Å²) in [5, 5.41) is 0. The van der Waals surface area contributed by atoms with E-state index in [0.717, 1.165) is 18.7 Å². The number of methoxy groups -OCH3 is 1. The highest BCUT2D eigenvalue weighted by atomic mass is 32.2. The summed E-state index contributed by atoms with van der Waals surface area (Å²) < 4.78 is 31.9. The van der Waals surface area contributed by atoms with Crippen molar-refractivity contribution >= 4 is 15.7 Å². The van der Waals surface area contributed by atoms with Crippen LogP contribution in [0, 0.1) is 0 Å². The summed E-state index contributed by atoms with van der Waals surface area (Å²) in [6.45, 7) is 2.55. The van der Waals surface area contributed by atoms with E-state index in [9.17, 15) is 8.42 Å². The largest absolute Gasteiger partial charge is 0.497 e. The highest BCUT2D eigenvalue weighted by Gasteiger charge is 2.21. The third-order valence-electron chi connectivity index (χ3n) is 4.83. The van der Waals surface area contributed by atoms with Crippen LogP contribution < -0.4 is 9.64 Å². The van der Waals surface area contributed by atoms with Crippen LogP contribution in [-0.4, -0.2) is 40.0 Å². The number of benzene rings is 2. The minimum Gasteiger partial charge on any atom is -0.497 e. The Morgan fingerprint density at radius 3 is 2.15 bits per heavy atom. The van der Waals surface area contributed by atoms with Gasteiger partial charge in [-0.15, -0.1) is 0 Å². The van der Waals surface area contributed by atoms with Gasteiger partial charge in [0.05, 0.1) is 12.0 Å². The van der Waals surface area contributed by atoms with Crippen LogP contribution in [-0.2, 0) is 16.6 Å². The van der Waals surface area contributed by atoms with Crippen LogP contribution in [0.3, 0.4) is 0 Å². The van der Waals surface area contributed by atoms with Gasteiger partial charge in [-0.3, -0.25) is 0 Å². The number of hydrogen-bond donors (Lipinski definition) is 0. The van der Waals surface area contributed by atoms with Crippen molar-refractivity contribution in [3.8, 4) is 5.75 Å². The number of nitrogens with zero attached hydrogens (tertiary/aromatic N) is 2. The van der Waals surface area contributed by atoms with Gasteiger partial charge in [0.2, 0.25) is 10.0 Å². The summed E-state index contributed by atoms with van der Waals surface area (Å²) >= 11 is 0. The number of sulfonamides is 1. The summed E-state index contributed by atoms with van der Waals surface area (Å²) in [6.07, 6.45) is 3.79. The molecule has 3 rings (SSSR count). The Balaban J connectivity index is 1.68. The van der Waals surface area contributed by atoms with Gasteiger partial charge in [-0.25, -0.2) is 8.42 Å². The Morgan fingerprint density at radius 1 is 0.962 bits per heavy atom. The van der Waals surface area contributed by atoms with Gasteiger partial charge in [0.1, 0.15) is 5.75 Å². The van der Waals surface area contributed by atoms with E-state index in [4.69, 9.17) is 4.74 Å². The van der Waals surface area contributed by atoms with E-state index in [0.29, 0.717) is 12.3 Å². The Morgan fingerprint density at radius 2 is 1.58 bits per heavy atom. The van der Waals surface area contributed by atoms with Crippen LogP contribution in [0.4, 0.5) is 5.69 Å². The average molecular weight is 375 g/mol. The first-order valence-corrected chi connectivity index (χ1v) is 10.4. The summed E-state index contributed by atoms with van der Waals surface area (Å²) in [4.78, 5) is 2.66. The molecule has 2 aromatic carbocycles. The molecule has 1 heterocycles. The molecule has 0 aromatic heterocycles. The van der Waals surface area contributed by atoms with Crippen LogP contribution in [0.5, 0.6) is 5.75 Å². The number of hydrogen-bond acceptors (Lipinski definition) is 4. The molecule has 0 N–H and O–H groups in total. The van der Waals surface area contributed by atoms with Gasteiger partial charge in [-0.05, 0) is 61.2 Å². The van der Waals surface area contributed by atoms with Crippen LogP contribution in [0.25, 0.3) is 0 Å². The average Bonchev–Trinajstić information content (AvgIpc) is 2.69. The molecule has 0 radical (unpaired) electrons. The van der Waals surface area contributed by atoms with E-state index in [2.05, 4.69) is 17.0 Å². The van der Waals surface area contributed by atoms with Crippen molar-refractivity contribution in [2.75, 3.05) is 32.1 Å². The van der Waals surface area contributed by atoms with Crippen molar-refractivity contribution in [3.63, 3.8) is 0 Å². The first-order valence-electron chi connectivity index (χ1n) is 8.95. The Hall–Kier alpha value is -2.05. The number of piperidine rings is 1. The van der Waals surface area contributed by atoms with Gasteiger partial charge in [-0.2, -0.15) is 4.31 Å². The van der Waals surface area contributed by atoms with E-state index in [1.165, 1.54) is 29.3 Å². The second-order valence-corrected chi connectivity index (χ2v) is 8.70. The maximum absolute atomic E-state index is 12.7. The SMILES string of the molecule is COc1ccc(S(=O)(=O)N(C)Cc2ccc(N3CCCCC3)cc2)cc1. The van der Waals surface area contributed by atoms with Gasteiger partial charge in [-0.1, -0.05) is 12.1 Å². The lowest BCUT2D eigenvalue weighted by molar-refractivity contribution is 0.414. The first-order chi connectivity index (χ1) is 12.5. The third-order valence-corrected chi connectivity index (χ3v) is 6.65. The minimum atomic E-state index is -3.53. The van der Waals surface area contributed by atoms with Crippen molar-refractivity contribution in [1.29, 1.82) is 0 Å². The van der Waals surface area contributed by atoms with Gasteiger partial charge in [0.25, 0.3) is 0 Å². The Kier molecular flexibility index (Phi) is 5.84. The predicted molar refractivity (Wildman–Crippen MR) is 104 cm³/mol. The van der Waals surface area contributed by atoms with Gasteiger partial charge in [0.15, 0.2) is 0 Å². The van der Waals surface area contributed by atoms with Crippen LogP contribution in [0.1, 0.15) is 24.8 Å². The smallest absolute Gasteiger partial charge is 0.243 e. The molecule has 140 valence electrons. The Labute approximate surface area is 156 Å². The lowest BCUT2D eigenvalue weighted by Crippen LogP contribution is -2.29. The van der Waals surface area contributed by atoms with Gasteiger partial charge < -0.3 is 9.64 Å². The van der Waals surface area contributed by atoms with Crippen molar-refractivity contribution in [2.24, 2.45) is 0 Å². The zero-order chi connectivity index (χ0) is 18.6. The quantitative estimate of drug-likeness (QED) is 0.776. The lowest BCUT2D eigenvalue weighted by atomic mass is 10.1. The first kappa shape index (κ1) is 18.7. The van der Waals surface area contributed by atoms with Crippen molar-refractivity contribution in [2.45, 2.75) is 30.7 Å². The molecule has 26 heavy (non-hydrogen) atoms. The van der Waals surface area contributed by atoms with Crippen LogP contribution >= 0.6 is 0 Å². The fraction of sp³-hybridized carbons (Fsp3) is 0.400. The zero-order valence-corrected chi connectivity index (χ0v) is 16.2. The molecular weight excluding hydrogens is 348 g/mol. The van der Waals surface area contributed by atoms with Crippen molar-refractivity contribution in [3.05, 3.63) is 54.1 Å². The molecular formula is C20H26N2O3S. The Bertz CT molecular complexity index is 811. The molecule has 2 aromatic rings. The lowest BCUT2D eigenvalue weighted by Gasteiger charge is -2.29. The van der Waals surface area contributed by atoms with Crippen molar-refractivity contribution in [1.82, 2.24) is 4.31 Å². The predicted octanol–water partition coefficient (Wildman–Crippen LogP) is 3.51. The van der Waals surface area contributed by atoms with Gasteiger partial charge >= 0.3 is 0 Å². The maximum Gasteiger partial charge on any atom is 0.243 e. The summed E-state index contributed by atoms with van der Waals surface area (Å²) in [5.41, 5.74) is 2.19. The summed E-state index contributed by atoms with van der Waals surface area (Å²) in [6, 6.07) is 14.7. The molecule has 0 unspecified atom stereocenters. The molecule has 0 atom stereocenters. The monoisotopic (exact) mass is 374 g/mol. The molecule has 1 fully saturated rings. The van der Waals surface area contributed by atoms with E-state index < -0.39 is 10.0 Å². The van der Waals surface area contributed by atoms with E-state index in [1.54, 1.807) is 38.4 Å². The maximum atomic E-state index is 12.7. The number of anilines is 1. The third kappa shape index (κ3) is 4.19. The minimum absolute atomic E-state index is 0.269. The molecule has 0 aliphatic carbocycles. The second-order valence-electron chi connectivity index (χ2n) is 6.65. The van der Waals surface area contributed by atoms with Crippen LogP contribution in [0.2, 0.25) is 0 Å². The van der Waals surface area contributed by atoms with E-state index in [1.807, 2.05) is 12.1 Å². The van der Waals surface area contributed by atoms with Crippen LogP contribution in [0.15, 0.2) is 53.4 Å². The zero-order valence-electron chi connectivity index (χ0n) is 15.4. The highest BCUT2D eigenvalue weighted by molar-refractivity contribution is 7.89. The normalized spacial score (nSPS) is 15.3. The standard InChI is InChI=1S/C20H26N2O3S/c1-21(26(23,24)20-12-10-19(25-2)11-13-20)16-17-6-8-18(9-7-17)22-14-4-3-5-15-22/h6-13H,3-5,14-16H2,1-2H3. The molecule has 0 saturated carbocycles. The number of ether oxygens (including phenoxy) is 1. The summed E-state index contributed by atoms with van der Waals surface area (Å²) in [7, 11) is -0.357. The van der Waals surface area contributed by atoms with Crippen molar-refractivity contribution < 1.29 is 13.2 Å². The van der Waals surface area contributed by atoms with E-state index in [-0.39, 0.29) is 4.90 Å².